The first-order valence-electron chi connectivity index (χ1n) is 7.24. The third kappa shape index (κ3) is 2.55. The Balaban J connectivity index is 1.91. The molecule has 3 heterocycles. The van der Waals surface area contributed by atoms with E-state index >= 15 is 0 Å². The molecular weight excluding hydrogens is 335 g/mol. The SMILES string of the molecule is COc1nc(-c2ccc(C(F)(F)F)cc2)nc2c1oc1ncccc12. The summed E-state index contributed by atoms with van der Waals surface area (Å²) in [4.78, 5) is 12.8. The molecule has 0 bridgehead atoms. The van der Waals surface area contributed by atoms with Gasteiger partial charge in [0.25, 0.3) is 5.88 Å². The van der Waals surface area contributed by atoms with Gasteiger partial charge in [-0.05, 0) is 24.3 Å². The summed E-state index contributed by atoms with van der Waals surface area (Å²) in [5.74, 6) is 0.433. The van der Waals surface area contributed by atoms with E-state index in [0.717, 1.165) is 12.1 Å². The molecule has 0 fully saturated rings. The first kappa shape index (κ1) is 15.4. The monoisotopic (exact) mass is 345 g/mol. The molecule has 5 nitrogen and oxygen atoms in total. The molecule has 0 aliphatic carbocycles. The fraction of sp³-hybridized carbons (Fsp3) is 0.118. The lowest BCUT2D eigenvalue weighted by Crippen LogP contribution is -2.04. The Morgan fingerprint density at radius 2 is 1.80 bits per heavy atom. The normalized spacial score (nSPS) is 12.0. The van der Waals surface area contributed by atoms with Gasteiger partial charge < -0.3 is 9.15 Å². The van der Waals surface area contributed by atoms with Crippen LogP contribution < -0.4 is 4.74 Å². The summed E-state index contributed by atoms with van der Waals surface area (Å²) in [5.41, 5.74) is 0.917. The molecule has 0 amide bonds. The lowest BCUT2D eigenvalue weighted by Gasteiger charge is -2.08. The van der Waals surface area contributed by atoms with Crippen LogP contribution >= 0.6 is 0 Å². The van der Waals surface area contributed by atoms with Crippen molar-refractivity contribution in [2.75, 3.05) is 7.11 Å². The molecule has 0 spiro atoms. The third-order valence-electron chi connectivity index (χ3n) is 3.72. The Kier molecular flexibility index (Phi) is 3.34. The van der Waals surface area contributed by atoms with Crippen LogP contribution in [0.15, 0.2) is 47.0 Å². The number of alkyl halides is 3. The average molecular weight is 345 g/mol. The van der Waals surface area contributed by atoms with E-state index in [0.29, 0.717) is 27.8 Å². The fourth-order valence-electron chi connectivity index (χ4n) is 2.53. The first-order chi connectivity index (χ1) is 12.0. The molecule has 0 N–H and O–H groups in total. The molecule has 0 aliphatic rings. The number of fused-ring (bicyclic) bond motifs is 3. The molecule has 0 aliphatic heterocycles. The summed E-state index contributed by atoms with van der Waals surface area (Å²) >= 11 is 0. The third-order valence-corrected chi connectivity index (χ3v) is 3.72. The van der Waals surface area contributed by atoms with Gasteiger partial charge in [0.15, 0.2) is 5.82 Å². The van der Waals surface area contributed by atoms with E-state index < -0.39 is 11.7 Å². The molecule has 4 rings (SSSR count). The number of benzene rings is 1. The van der Waals surface area contributed by atoms with Gasteiger partial charge in [0, 0.05) is 11.8 Å². The molecule has 126 valence electrons. The predicted octanol–water partition coefficient (Wildman–Crippen LogP) is 4.47. The zero-order valence-electron chi connectivity index (χ0n) is 12.8. The first-order valence-corrected chi connectivity index (χ1v) is 7.24. The molecule has 0 saturated heterocycles. The highest BCUT2D eigenvalue weighted by Gasteiger charge is 2.30. The summed E-state index contributed by atoms with van der Waals surface area (Å²) in [6, 6.07) is 8.16. The Labute approximate surface area is 139 Å². The van der Waals surface area contributed by atoms with E-state index in [4.69, 9.17) is 9.15 Å². The summed E-state index contributed by atoms with van der Waals surface area (Å²) in [5, 5.41) is 0.673. The van der Waals surface area contributed by atoms with Crippen molar-refractivity contribution >= 4 is 22.2 Å². The maximum absolute atomic E-state index is 12.7. The fourth-order valence-corrected chi connectivity index (χ4v) is 2.53. The predicted molar refractivity (Wildman–Crippen MR) is 84.1 cm³/mol. The number of aromatic nitrogens is 3. The minimum absolute atomic E-state index is 0.192. The van der Waals surface area contributed by atoms with Crippen LogP contribution in [0, 0.1) is 0 Å². The number of methoxy groups -OCH3 is 1. The Morgan fingerprint density at radius 3 is 2.48 bits per heavy atom. The Morgan fingerprint density at radius 1 is 1.04 bits per heavy atom. The summed E-state index contributed by atoms with van der Waals surface area (Å²) in [7, 11) is 1.43. The number of nitrogens with zero attached hydrogens (tertiary/aromatic N) is 3. The number of hydrogen-bond acceptors (Lipinski definition) is 5. The van der Waals surface area contributed by atoms with Crippen LogP contribution in [-0.4, -0.2) is 22.1 Å². The van der Waals surface area contributed by atoms with Gasteiger partial charge in [0.2, 0.25) is 11.3 Å². The highest BCUT2D eigenvalue weighted by atomic mass is 19.4. The minimum atomic E-state index is -4.40. The number of rotatable bonds is 2. The van der Waals surface area contributed by atoms with E-state index in [-0.39, 0.29) is 11.7 Å². The maximum atomic E-state index is 12.7. The maximum Gasteiger partial charge on any atom is 0.416 e. The number of furan rings is 1. The number of pyridine rings is 1. The van der Waals surface area contributed by atoms with Crippen LogP contribution in [0.25, 0.3) is 33.6 Å². The minimum Gasteiger partial charge on any atom is -0.478 e. The molecule has 0 atom stereocenters. The highest BCUT2D eigenvalue weighted by Crippen LogP contribution is 2.34. The summed E-state index contributed by atoms with van der Waals surface area (Å²) in [6.07, 6.45) is -2.81. The molecule has 1 aromatic carbocycles. The van der Waals surface area contributed by atoms with Gasteiger partial charge >= 0.3 is 6.18 Å². The van der Waals surface area contributed by atoms with Crippen molar-refractivity contribution in [1.29, 1.82) is 0 Å². The molecule has 4 aromatic rings. The second kappa shape index (κ2) is 5.44. The van der Waals surface area contributed by atoms with Crippen molar-refractivity contribution < 1.29 is 22.3 Å². The van der Waals surface area contributed by atoms with E-state index in [1.165, 1.54) is 19.2 Å². The molecular formula is C17H10F3N3O2. The van der Waals surface area contributed by atoms with Gasteiger partial charge in [0.05, 0.1) is 18.1 Å². The molecule has 8 heteroatoms. The topological polar surface area (TPSA) is 61.0 Å². The number of ether oxygens (including phenoxy) is 1. The van der Waals surface area contributed by atoms with E-state index in [2.05, 4.69) is 15.0 Å². The van der Waals surface area contributed by atoms with Crippen LogP contribution in [0.5, 0.6) is 5.88 Å². The number of halogens is 3. The molecule has 25 heavy (non-hydrogen) atoms. The van der Waals surface area contributed by atoms with Gasteiger partial charge in [-0.2, -0.15) is 18.2 Å². The largest absolute Gasteiger partial charge is 0.478 e. The van der Waals surface area contributed by atoms with Gasteiger partial charge in [0.1, 0.15) is 5.52 Å². The second-order valence-electron chi connectivity index (χ2n) is 5.27. The van der Waals surface area contributed by atoms with Crippen molar-refractivity contribution in [1.82, 2.24) is 15.0 Å². The van der Waals surface area contributed by atoms with Crippen LogP contribution in [0.1, 0.15) is 5.56 Å². The average Bonchev–Trinajstić information content (AvgIpc) is 2.99. The molecule has 3 aromatic heterocycles. The van der Waals surface area contributed by atoms with Gasteiger partial charge in [-0.25, -0.2) is 9.97 Å². The van der Waals surface area contributed by atoms with Crippen molar-refractivity contribution in [3.05, 3.63) is 48.2 Å². The summed E-state index contributed by atoms with van der Waals surface area (Å²) in [6.45, 7) is 0. The van der Waals surface area contributed by atoms with Crippen molar-refractivity contribution in [3.8, 4) is 17.3 Å². The zero-order chi connectivity index (χ0) is 17.6. The lowest BCUT2D eigenvalue weighted by atomic mass is 10.1. The van der Waals surface area contributed by atoms with Crippen LogP contribution in [0.3, 0.4) is 0 Å². The highest BCUT2D eigenvalue weighted by molar-refractivity contribution is 6.02. The smallest absolute Gasteiger partial charge is 0.416 e. The quantitative estimate of drug-likeness (QED) is 0.537. The van der Waals surface area contributed by atoms with Gasteiger partial charge in [-0.1, -0.05) is 12.1 Å². The van der Waals surface area contributed by atoms with Crippen LogP contribution in [-0.2, 0) is 6.18 Å². The molecule has 0 radical (unpaired) electrons. The Bertz CT molecular complexity index is 1070. The Hall–Kier alpha value is -3.16. The summed E-state index contributed by atoms with van der Waals surface area (Å²) < 4.78 is 49.0. The van der Waals surface area contributed by atoms with Crippen LogP contribution in [0.4, 0.5) is 13.2 Å². The van der Waals surface area contributed by atoms with E-state index in [9.17, 15) is 13.2 Å². The lowest BCUT2D eigenvalue weighted by molar-refractivity contribution is -0.137. The van der Waals surface area contributed by atoms with E-state index in [1.807, 2.05) is 0 Å². The molecule has 0 unspecified atom stereocenters. The van der Waals surface area contributed by atoms with E-state index in [1.54, 1.807) is 18.3 Å². The molecule has 0 saturated carbocycles. The van der Waals surface area contributed by atoms with Crippen molar-refractivity contribution in [3.63, 3.8) is 0 Å². The van der Waals surface area contributed by atoms with Gasteiger partial charge in [-0.3, -0.25) is 0 Å². The standard InChI is InChI=1S/C17H10F3N3O2/c1-24-16-13-12(11-3-2-8-21-15(11)25-13)22-14(23-16)9-4-6-10(7-5-9)17(18,19)20/h2-8H,1H3. The van der Waals surface area contributed by atoms with Crippen molar-refractivity contribution in [2.24, 2.45) is 0 Å². The zero-order valence-corrected chi connectivity index (χ0v) is 12.8. The number of hydrogen-bond donors (Lipinski definition) is 0. The van der Waals surface area contributed by atoms with Gasteiger partial charge in [-0.15, -0.1) is 0 Å². The van der Waals surface area contributed by atoms with Crippen molar-refractivity contribution in [2.45, 2.75) is 6.18 Å². The van der Waals surface area contributed by atoms with Crippen LogP contribution in [0.2, 0.25) is 0 Å². The second-order valence-corrected chi connectivity index (χ2v) is 5.27.